The van der Waals surface area contributed by atoms with Crippen LogP contribution in [0.4, 0.5) is 0 Å². The molecule has 3 aromatic carbocycles. The third-order valence-corrected chi connectivity index (χ3v) is 7.22. The van der Waals surface area contributed by atoms with Crippen molar-refractivity contribution < 1.29 is 9.37 Å². The van der Waals surface area contributed by atoms with Gasteiger partial charge in [-0.05, 0) is 43.5 Å². The summed E-state index contributed by atoms with van der Waals surface area (Å²) in [7, 11) is 5.36. The molecule has 2 aliphatic heterocycles. The Morgan fingerprint density at radius 2 is 1.44 bits per heavy atom. The molecule has 0 spiro atoms. The predicted octanol–water partition coefficient (Wildman–Crippen LogP) is 5.19. The van der Waals surface area contributed by atoms with Crippen molar-refractivity contribution >= 4 is 36.7 Å². The molecule has 34 heavy (non-hydrogen) atoms. The molecule has 0 saturated heterocycles. The van der Waals surface area contributed by atoms with E-state index in [-0.39, 0.29) is 5.78 Å². The summed E-state index contributed by atoms with van der Waals surface area (Å²) >= 11 is 1.73. The minimum Gasteiger partial charge on any atom is -0.580 e. The number of rotatable bonds is 5. The third kappa shape index (κ3) is 7.10. The molecule has 0 bridgehead atoms. The number of hydrogen-bond acceptors (Lipinski definition) is 3. The summed E-state index contributed by atoms with van der Waals surface area (Å²) in [4.78, 5) is 17.6. The van der Waals surface area contributed by atoms with E-state index in [1.807, 2.05) is 60.7 Å². The molecule has 3 aromatic rings. The second-order valence-electron chi connectivity index (χ2n) is 8.76. The Balaban J connectivity index is 0.000000336. The molecular weight excluding hydrogens is 435 g/mol. The first-order valence-electron chi connectivity index (χ1n) is 12.2. The summed E-state index contributed by atoms with van der Waals surface area (Å²) in [5, 5.41) is 0. The first kappa shape index (κ1) is 24.3. The highest BCUT2D eigenvalue weighted by Gasteiger charge is 2.30. The van der Waals surface area contributed by atoms with E-state index in [1.165, 1.54) is 34.9 Å². The van der Waals surface area contributed by atoms with Crippen molar-refractivity contribution in [1.82, 2.24) is 4.90 Å². The molecule has 0 unspecified atom stereocenters. The Morgan fingerprint density at radius 3 is 2.12 bits per heavy atom. The molecule has 0 N–H and O–H groups in total. The standard InChI is InChI=1S/C23H27N2OS.C6H5B/c26-22(18-25-17-7-16-24-15-6-2-5-10-23(24)25)19-11-13-21(14-12-19)27-20-8-3-1-4-9-20;7-6-4-2-1-3-5-6/h1,3-4,8-9,11-14H,2,5-7,10,15-18H2;1-5H/q+1;-1. The van der Waals surface area contributed by atoms with Crippen LogP contribution in [-0.4, -0.2) is 55.1 Å². The smallest absolute Gasteiger partial charge is 0.247 e. The number of carbonyl (C=O) groups is 1. The Bertz CT molecular complexity index is 1080. The van der Waals surface area contributed by atoms with Gasteiger partial charge in [0.2, 0.25) is 11.6 Å². The van der Waals surface area contributed by atoms with Gasteiger partial charge in [0.05, 0.1) is 19.6 Å². The van der Waals surface area contributed by atoms with E-state index in [9.17, 15) is 4.79 Å². The summed E-state index contributed by atoms with van der Waals surface area (Å²) < 4.78 is 2.52. The summed E-state index contributed by atoms with van der Waals surface area (Å²) in [6.07, 6.45) is 6.12. The molecule has 0 aliphatic carbocycles. The molecule has 0 amide bonds. The second-order valence-corrected chi connectivity index (χ2v) is 9.91. The van der Waals surface area contributed by atoms with Crippen LogP contribution in [0.15, 0.2) is 94.7 Å². The van der Waals surface area contributed by atoms with Crippen LogP contribution in [0.5, 0.6) is 0 Å². The van der Waals surface area contributed by atoms with Gasteiger partial charge in [-0.25, -0.2) is 0 Å². The highest BCUT2D eigenvalue weighted by atomic mass is 32.2. The van der Waals surface area contributed by atoms with Gasteiger partial charge >= 0.3 is 0 Å². The van der Waals surface area contributed by atoms with Crippen LogP contribution in [-0.2, 0) is 0 Å². The lowest BCUT2D eigenvalue weighted by molar-refractivity contribution is -0.538. The van der Waals surface area contributed by atoms with Gasteiger partial charge in [-0.1, -0.05) is 60.3 Å². The Kier molecular flexibility index (Phi) is 9.03. The minimum absolute atomic E-state index is 0.227. The average molecular weight is 467 g/mol. The SMILES string of the molecule is O=C(CN1CCC[N+]2=C1CCCCC2)c1ccc(Sc2ccccc2)cc1.[B-]c1ccccc1. The highest BCUT2D eigenvalue weighted by Crippen LogP contribution is 2.27. The lowest BCUT2D eigenvalue weighted by atomic mass is 9.97. The average Bonchev–Trinajstić information content (AvgIpc) is 3.12. The zero-order valence-electron chi connectivity index (χ0n) is 19.7. The number of Topliss-reactive ketones (excluding diaryl/α,β-unsaturated/α-hetero) is 1. The van der Waals surface area contributed by atoms with E-state index in [2.05, 4.69) is 33.7 Å². The van der Waals surface area contributed by atoms with Crippen LogP contribution < -0.4 is 5.46 Å². The molecule has 5 rings (SSSR count). The summed E-state index contributed by atoms with van der Waals surface area (Å²) in [5.41, 5.74) is 1.64. The maximum Gasteiger partial charge on any atom is 0.247 e. The van der Waals surface area contributed by atoms with Crippen molar-refractivity contribution in [1.29, 1.82) is 0 Å². The van der Waals surface area contributed by atoms with Gasteiger partial charge < -0.3 is 13.3 Å². The second kappa shape index (κ2) is 12.6. The fourth-order valence-electron chi connectivity index (χ4n) is 4.45. The van der Waals surface area contributed by atoms with Crippen molar-refractivity contribution in [2.45, 2.75) is 41.9 Å². The largest absolute Gasteiger partial charge is 0.580 e. The van der Waals surface area contributed by atoms with Crippen molar-refractivity contribution in [2.75, 3.05) is 26.2 Å². The van der Waals surface area contributed by atoms with Gasteiger partial charge in [-0.3, -0.25) is 14.3 Å². The maximum absolute atomic E-state index is 12.9. The van der Waals surface area contributed by atoms with E-state index in [4.69, 9.17) is 7.85 Å². The van der Waals surface area contributed by atoms with Crippen LogP contribution >= 0.6 is 11.8 Å². The Labute approximate surface area is 209 Å². The monoisotopic (exact) mass is 467 g/mol. The van der Waals surface area contributed by atoms with Gasteiger partial charge in [0.25, 0.3) is 0 Å². The number of hydrogen-bond donors (Lipinski definition) is 0. The molecule has 2 aliphatic rings. The normalized spacial score (nSPS) is 15.6. The molecule has 0 aromatic heterocycles. The summed E-state index contributed by atoms with van der Waals surface area (Å²) in [6, 6.07) is 27.9. The number of amidine groups is 1. The van der Waals surface area contributed by atoms with E-state index in [0.717, 1.165) is 43.5 Å². The summed E-state index contributed by atoms with van der Waals surface area (Å²) in [6.45, 7) is 3.84. The van der Waals surface area contributed by atoms with Crippen molar-refractivity contribution in [3.8, 4) is 0 Å². The number of carbonyl (C=O) groups excluding carboxylic acids is 1. The molecule has 0 saturated carbocycles. The van der Waals surface area contributed by atoms with Crippen molar-refractivity contribution in [3.63, 3.8) is 0 Å². The molecule has 3 radical (unpaired) electrons. The first-order chi connectivity index (χ1) is 16.7. The summed E-state index contributed by atoms with van der Waals surface area (Å²) in [5.74, 6) is 1.63. The Hall–Kier alpha value is -2.79. The predicted molar refractivity (Wildman–Crippen MR) is 143 cm³/mol. The molecule has 0 atom stereocenters. The van der Waals surface area contributed by atoms with E-state index < -0.39 is 0 Å². The maximum atomic E-state index is 12.9. The van der Waals surface area contributed by atoms with E-state index in [1.54, 1.807) is 11.8 Å². The van der Waals surface area contributed by atoms with Crippen molar-refractivity contribution in [2.24, 2.45) is 0 Å². The molecule has 5 heteroatoms. The first-order valence-corrected chi connectivity index (χ1v) is 13.0. The van der Waals surface area contributed by atoms with Gasteiger partial charge in [0.1, 0.15) is 6.54 Å². The fourth-order valence-corrected chi connectivity index (χ4v) is 5.29. The lowest BCUT2D eigenvalue weighted by Gasteiger charge is -2.25. The number of benzene rings is 3. The van der Waals surface area contributed by atoms with E-state index >= 15 is 0 Å². The lowest BCUT2D eigenvalue weighted by Crippen LogP contribution is -2.46. The van der Waals surface area contributed by atoms with Crippen molar-refractivity contribution in [3.05, 3.63) is 90.5 Å². The van der Waals surface area contributed by atoms with Crippen LogP contribution in [0.3, 0.4) is 0 Å². The van der Waals surface area contributed by atoms with Crippen LogP contribution in [0.1, 0.15) is 42.5 Å². The van der Waals surface area contributed by atoms with Gasteiger partial charge in [0, 0.05) is 28.2 Å². The highest BCUT2D eigenvalue weighted by molar-refractivity contribution is 7.99. The fraction of sp³-hybridized carbons (Fsp3) is 0.310. The minimum atomic E-state index is 0.227. The van der Waals surface area contributed by atoms with Gasteiger partial charge in [-0.2, -0.15) is 0 Å². The molecule has 173 valence electrons. The number of nitrogens with zero attached hydrogens (tertiary/aromatic N) is 2. The van der Waals surface area contributed by atoms with Gasteiger partial charge in [-0.15, -0.1) is 12.1 Å². The quantitative estimate of drug-likeness (QED) is 0.293. The van der Waals surface area contributed by atoms with Crippen LogP contribution in [0.25, 0.3) is 0 Å². The third-order valence-electron chi connectivity index (χ3n) is 6.20. The number of ketones is 1. The molecular formula is C29H32BN2OS. The zero-order chi connectivity index (χ0) is 23.6. The molecule has 0 fully saturated rings. The van der Waals surface area contributed by atoms with Crippen LogP contribution in [0, 0.1) is 0 Å². The molecule has 3 nitrogen and oxygen atoms in total. The van der Waals surface area contributed by atoms with Crippen LogP contribution in [0.2, 0.25) is 0 Å². The topological polar surface area (TPSA) is 23.3 Å². The van der Waals surface area contributed by atoms with E-state index in [0.29, 0.717) is 6.54 Å². The van der Waals surface area contributed by atoms with Gasteiger partial charge in [0.15, 0.2) is 0 Å². The Morgan fingerprint density at radius 1 is 0.794 bits per heavy atom. The molecule has 2 heterocycles. The zero-order valence-corrected chi connectivity index (χ0v) is 20.6.